The molecule has 0 atom stereocenters. The number of rotatable bonds is 4. The standard InChI is InChI=1S/C16H21N5O/c1-17-11-13-7-9-20(10-8-13)16(22)15-12-21(19-18-15)14-5-3-2-4-6-14/h2-6,12-13,17H,7-11H2,1H3. The highest BCUT2D eigenvalue weighted by atomic mass is 16.2. The van der Waals surface area contributed by atoms with Crippen LogP contribution in [0, 0.1) is 5.92 Å². The lowest BCUT2D eigenvalue weighted by Gasteiger charge is -2.31. The molecule has 1 N–H and O–H groups in total. The monoisotopic (exact) mass is 299 g/mol. The summed E-state index contributed by atoms with van der Waals surface area (Å²) in [4.78, 5) is 14.4. The Hall–Kier alpha value is -2.21. The average molecular weight is 299 g/mol. The molecule has 1 aliphatic rings. The highest BCUT2D eigenvalue weighted by Crippen LogP contribution is 2.18. The number of nitrogens with zero attached hydrogens (tertiary/aromatic N) is 4. The minimum atomic E-state index is -0.0231. The van der Waals surface area contributed by atoms with Crippen molar-refractivity contribution in [3.63, 3.8) is 0 Å². The molecule has 1 saturated heterocycles. The van der Waals surface area contributed by atoms with Gasteiger partial charge in [-0.15, -0.1) is 5.10 Å². The highest BCUT2D eigenvalue weighted by molar-refractivity contribution is 5.92. The summed E-state index contributed by atoms with van der Waals surface area (Å²) in [6.45, 7) is 2.61. The highest BCUT2D eigenvalue weighted by Gasteiger charge is 2.25. The molecule has 0 unspecified atom stereocenters. The van der Waals surface area contributed by atoms with Gasteiger partial charge >= 0.3 is 0 Å². The van der Waals surface area contributed by atoms with E-state index in [9.17, 15) is 4.79 Å². The number of aromatic nitrogens is 3. The molecule has 1 amide bonds. The Morgan fingerprint density at radius 3 is 2.68 bits per heavy atom. The minimum absolute atomic E-state index is 0.0231. The van der Waals surface area contributed by atoms with Gasteiger partial charge < -0.3 is 10.2 Å². The van der Waals surface area contributed by atoms with E-state index in [0.717, 1.165) is 38.2 Å². The van der Waals surface area contributed by atoms with E-state index in [1.807, 2.05) is 42.3 Å². The van der Waals surface area contributed by atoms with E-state index in [2.05, 4.69) is 15.6 Å². The Morgan fingerprint density at radius 2 is 2.00 bits per heavy atom. The molecule has 22 heavy (non-hydrogen) atoms. The number of hydrogen-bond donors (Lipinski definition) is 1. The smallest absolute Gasteiger partial charge is 0.276 e. The van der Waals surface area contributed by atoms with Crippen molar-refractivity contribution in [3.05, 3.63) is 42.2 Å². The molecular weight excluding hydrogens is 278 g/mol. The fourth-order valence-corrected chi connectivity index (χ4v) is 2.86. The zero-order chi connectivity index (χ0) is 15.4. The first-order valence-corrected chi connectivity index (χ1v) is 7.69. The molecule has 0 bridgehead atoms. The molecule has 0 radical (unpaired) electrons. The van der Waals surface area contributed by atoms with Gasteiger partial charge in [-0.25, -0.2) is 4.68 Å². The molecule has 0 spiro atoms. The van der Waals surface area contributed by atoms with Crippen LogP contribution in [0.15, 0.2) is 36.5 Å². The third-order valence-corrected chi connectivity index (χ3v) is 4.13. The van der Waals surface area contributed by atoms with E-state index in [4.69, 9.17) is 0 Å². The molecular formula is C16H21N5O. The number of hydrogen-bond acceptors (Lipinski definition) is 4. The lowest BCUT2D eigenvalue weighted by molar-refractivity contribution is 0.0685. The van der Waals surface area contributed by atoms with Crippen molar-refractivity contribution in [1.82, 2.24) is 25.2 Å². The van der Waals surface area contributed by atoms with Crippen LogP contribution >= 0.6 is 0 Å². The van der Waals surface area contributed by atoms with Gasteiger partial charge in [-0.05, 0) is 44.5 Å². The van der Waals surface area contributed by atoms with E-state index in [1.54, 1.807) is 10.9 Å². The zero-order valence-electron chi connectivity index (χ0n) is 12.8. The van der Waals surface area contributed by atoms with Gasteiger partial charge in [0.05, 0.1) is 11.9 Å². The molecule has 6 heteroatoms. The van der Waals surface area contributed by atoms with Crippen molar-refractivity contribution in [1.29, 1.82) is 0 Å². The second kappa shape index (κ2) is 6.70. The van der Waals surface area contributed by atoms with Gasteiger partial charge in [-0.1, -0.05) is 23.4 Å². The number of para-hydroxylation sites is 1. The van der Waals surface area contributed by atoms with E-state index in [1.165, 1.54) is 0 Å². The largest absolute Gasteiger partial charge is 0.337 e. The summed E-state index contributed by atoms with van der Waals surface area (Å²) in [5.74, 6) is 0.638. The van der Waals surface area contributed by atoms with Gasteiger partial charge in [0.15, 0.2) is 5.69 Å². The van der Waals surface area contributed by atoms with Gasteiger partial charge in [0.25, 0.3) is 5.91 Å². The summed E-state index contributed by atoms with van der Waals surface area (Å²) < 4.78 is 1.64. The molecule has 116 valence electrons. The van der Waals surface area contributed by atoms with Crippen LogP contribution < -0.4 is 5.32 Å². The summed E-state index contributed by atoms with van der Waals surface area (Å²) in [5, 5.41) is 11.3. The predicted octanol–water partition coefficient (Wildman–Crippen LogP) is 1.34. The van der Waals surface area contributed by atoms with Gasteiger partial charge in [0, 0.05) is 13.1 Å². The van der Waals surface area contributed by atoms with Crippen molar-refractivity contribution < 1.29 is 4.79 Å². The third kappa shape index (κ3) is 3.17. The molecule has 1 aromatic carbocycles. The van der Waals surface area contributed by atoms with Crippen molar-refractivity contribution in [2.24, 2.45) is 5.92 Å². The molecule has 2 heterocycles. The normalized spacial score (nSPS) is 16.0. The van der Waals surface area contributed by atoms with Gasteiger partial charge in [-0.2, -0.15) is 0 Å². The molecule has 2 aromatic rings. The van der Waals surface area contributed by atoms with Crippen molar-refractivity contribution in [3.8, 4) is 5.69 Å². The average Bonchev–Trinajstić information content (AvgIpc) is 3.06. The van der Waals surface area contributed by atoms with Crippen molar-refractivity contribution >= 4 is 5.91 Å². The third-order valence-electron chi connectivity index (χ3n) is 4.13. The Balaban J connectivity index is 1.65. The number of likely N-dealkylation sites (tertiary alicyclic amines) is 1. The maximum atomic E-state index is 12.5. The zero-order valence-corrected chi connectivity index (χ0v) is 12.8. The number of benzene rings is 1. The molecule has 0 saturated carbocycles. The molecule has 1 aromatic heterocycles. The minimum Gasteiger partial charge on any atom is -0.337 e. The van der Waals surface area contributed by atoms with Gasteiger partial charge in [-0.3, -0.25) is 4.79 Å². The van der Waals surface area contributed by atoms with Gasteiger partial charge in [0.1, 0.15) is 0 Å². The van der Waals surface area contributed by atoms with Crippen LogP contribution in [0.4, 0.5) is 0 Å². The van der Waals surface area contributed by atoms with Crippen LogP contribution in [0.5, 0.6) is 0 Å². The van der Waals surface area contributed by atoms with Crippen LogP contribution in [0.3, 0.4) is 0 Å². The SMILES string of the molecule is CNCC1CCN(C(=O)c2cn(-c3ccccc3)nn2)CC1. The van der Waals surface area contributed by atoms with E-state index in [0.29, 0.717) is 11.6 Å². The number of amides is 1. The van der Waals surface area contributed by atoms with Gasteiger partial charge in [0.2, 0.25) is 0 Å². The fourth-order valence-electron chi connectivity index (χ4n) is 2.86. The Bertz CT molecular complexity index is 616. The Kier molecular flexibility index (Phi) is 4.48. The van der Waals surface area contributed by atoms with Crippen LogP contribution in [-0.2, 0) is 0 Å². The second-order valence-corrected chi connectivity index (χ2v) is 5.68. The van der Waals surface area contributed by atoms with Crippen LogP contribution in [0.25, 0.3) is 5.69 Å². The number of piperidine rings is 1. The van der Waals surface area contributed by atoms with E-state index < -0.39 is 0 Å². The summed E-state index contributed by atoms with van der Waals surface area (Å²) in [7, 11) is 1.97. The number of nitrogens with one attached hydrogen (secondary N) is 1. The summed E-state index contributed by atoms with van der Waals surface area (Å²) in [6.07, 6.45) is 3.79. The summed E-state index contributed by atoms with van der Waals surface area (Å²) >= 11 is 0. The first-order valence-electron chi connectivity index (χ1n) is 7.69. The second-order valence-electron chi connectivity index (χ2n) is 5.68. The summed E-state index contributed by atoms with van der Waals surface area (Å²) in [6, 6.07) is 9.69. The molecule has 1 fully saturated rings. The quantitative estimate of drug-likeness (QED) is 0.925. The number of carbonyl (C=O) groups excluding carboxylic acids is 1. The number of carbonyl (C=O) groups is 1. The lowest BCUT2D eigenvalue weighted by Crippen LogP contribution is -2.40. The topological polar surface area (TPSA) is 63.1 Å². The van der Waals surface area contributed by atoms with Crippen molar-refractivity contribution in [2.75, 3.05) is 26.7 Å². The van der Waals surface area contributed by atoms with Crippen LogP contribution in [0.2, 0.25) is 0 Å². The molecule has 3 rings (SSSR count). The Labute approximate surface area is 130 Å². The van der Waals surface area contributed by atoms with Crippen LogP contribution in [0.1, 0.15) is 23.3 Å². The first kappa shape index (κ1) is 14.7. The fraction of sp³-hybridized carbons (Fsp3) is 0.438. The lowest BCUT2D eigenvalue weighted by atomic mass is 9.97. The maximum Gasteiger partial charge on any atom is 0.276 e. The Morgan fingerprint density at radius 1 is 1.27 bits per heavy atom. The molecule has 1 aliphatic heterocycles. The van der Waals surface area contributed by atoms with Crippen LogP contribution in [-0.4, -0.2) is 52.5 Å². The summed E-state index contributed by atoms with van der Waals surface area (Å²) in [5.41, 5.74) is 1.32. The molecule has 6 nitrogen and oxygen atoms in total. The molecule has 0 aliphatic carbocycles. The van der Waals surface area contributed by atoms with E-state index >= 15 is 0 Å². The maximum absolute atomic E-state index is 12.5. The first-order chi connectivity index (χ1) is 10.8. The van der Waals surface area contributed by atoms with E-state index in [-0.39, 0.29) is 5.91 Å². The van der Waals surface area contributed by atoms with Crippen molar-refractivity contribution in [2.45, 2.75) is 12.8 Å². The predicted molar refractivity (Wildman–Crippen MR) is 83.9 cm³/mol.